The molecule has 7 nitrogen and oxygen atoms in total. The van der Waals surface area contributed by atoms with Crippen LogP contribution < -0.4 is 9.64 Å². The first-order valence-corrected chi connectivity index (χ1v) is 13.9. The lowest BCUT2D eigenvalue weighted by Gasteiger charge is -2.25. The number of para-hydroxylation sites is 1. The molecule has 0 bridgehead atoms. The summed E-state index contributed by atoms with van der Waals surface area (Å²) >= 11 is 1.30. The second-order valence-electron chi connectivity index (χ2n) is 10.7. The molecule has 1 aliphatic heterocycles. The fourth-order valence-electron chi connectivity index (χ4n) is 4.99. The fourth-order valence-corrected chi connectivity index (χ4v) is 6.01. The van der Waals surface area contributed by atoms with E-state index in [1.54, 1.807) is 12.1 Å². The van der Waals surface area contributed by atoms with Gasteiger partial charge in [-0.25, -0.2) is 4.98 Å². The van der Waals surface area contributed by atoms with Crippen LogP contribution in [-0.4, -0.2) is 28.4 Å². The monoisotopic (exact) mass is 552 g/mol. The van der Waals surface area contributed by atoms with Crippen LogP contribution in [0.1, 0.15) is 55.4 Å². The van der Waals surface area contributed by atoms with Crippen LogP contribution in [-0.2, 0) is 10.2 Å². The highest BCUT2D eigenvalue weighted by Gasteiger charge is 2.46. The van der Waals surface area contributed by atoms with Gasteiger partial charge in [-0.2, -0.15) is 0 Å². The summed E-state index contributed by atoms with van der Waals surface area (Å²) in [6.07, 6.45) is 0. The molecule has 40 heavy (non-hydrogen) atoms. The van der Waals surface area contributed by atoms with E-state index in [-0.39, 0.29) is 16.7 Å². The second-order valence-corrected chi connectivity index (χ2v) is 11.8. The normalized spacial score (nSPS) is 15.9. The van der Waals surface area contributed by atoms with Crippen LogP contribution in [0.25, 0.3) is 21.2 Å². The van der Waals surface area contributed by atoms with Crippen molar-refractivity contribution in [3.63, 3.8) is 0 Å². The van der Waals surface area contributed by atoms with Gasteiger partial charge in [-0.1, -0.05) is 74.6 Å². The van der Waals surface area contributed by atoms with Crippen LogP contribution >= 0.6 is 11.3 Å². The van der Waals surface area contributed by atoms with Crippen LogP contribution in [0, 0.1) is 0 Å². The molecule has 6 rings (SSSR count). The Kier molecular flexibility index (Phi) is 6.22. The number of hydrogen-bond acceptors (Lipinski definition) is 7. The molecule has 0 aliphatic carbocycles. The van der Waals surface area contributed by atoms with Crippen molar-refractivity contribution in [3.05, 3.63) is 101 Å². The predicted molar refractivity (Wildman–Crippen MR) is 156 cm³/mol. The van der Waals surface area contributed by atoms with Gasteiger partial charge in [-0.05, 0) is 53.8 Å². The van der Waals surface area contributed by atoms with Crippen molar-refractivity contribution in [2.45, 2.75) is 39.2 Å². The maximum Gasteiger partial charge on any atom is 0.296 e. The molecule has 0 saturated heterocycles. The number of Topliss-reactive ketones (excluding diaryl/α,β-unsaturated/α-hetero) is 1. The van der Waals surface area contributed by atoms with Crippen LogP contribution in [0.3, 0.4) is 0 Å². The largest absolute Gasteiger partial charge is 0.503 e. The number of aromatic nitrogens is 1. The molecule has 202 valence electrons. The van der Waals surface area contributed by atoms with Gasteiger partial charge in [0.05, 0.1) is 28.4 Å². The molecule has 3 aromatic carbocycles. The summed E-state index contributed by atoms with van der Waals surface area (Å²) in [5, 5.41) is 12.3. The molecule has 1 unspecified atom stereocenters. The molecule has 1 amide bonds. The number of furan rings is 1. The number of hydrogen-bond donors (Lipinski definition) is 1. The molecule has 0 saturated carbocycles. The van der Waals surface area contributed by atoms with Gasteiger partial charge in [-0.15, -0.1) is 0 Å². The van der Waals surface area contributed by atoms with Gasteiger partial charge < -0.3 is 14.3 Å². The number of aliphatic hydroxyl groups excluding tert-OH is 1. The number of rotatable bonds is 6. The average molecular weight is 553 g/mol. The summed E-state index contributed by atoms with van der Waals surface area (Å²) in [4.78, 5) is 33.7. The Bertz CT molecular complexity index is 1770. The number of nitrogens with zero attached hydrogens (tertiary/aromatic N) is 2. The molecular formula is C32H28N2O5S. The number of aliphatic hydroxyl groups is 1. The van der Waals surface area contributed by atoms with Crippen molar-refractivity contribution >= 4 is 49.3 Å². The quantitative estimate of drug-likeness (QED) is 0.219. The standard InChI is InChI=1S/C32H28N2O5S/c1-5-38-21-14-15-22-25(17-21)40-31(33-22)34-27(18-10-12-20(13-11-18)32(2,3)4)26(29(36)30(34)37)28(35)24-16-19-8-6-7-9-23(19)39-24/h6-17,27,36H,5H2,1-4H3. The average Bonchev–Trinajstić information content (AvgIpc) is 3.62. The third kappa shape index (κ3) is 4.34. The SMILES string of the molecule is CCOc1ccc2nc(N3C(=O)C(O)=C(C(=O)c4cc5ccccc5o4)C3c3ccc(C(C)(C)C)cc3)sc2c1. The topological polar surface area (TPSA) is 92.9 Å². The Morgan fingerprint density at radius 1 is 1.07 bits per heavy atom. The Morgan fingerprint density at radius 3 is 2.52 bits per heavy atom. The van der Waals surface area contributed by atoms with Crippen molar-refractivity contribution in [1.29, 1.82) is 0 Å². The zero-order chi connectivity index (χ0) is 28.2. The number of anilines is 1. The van der Waals surface area contributed by atoms with Crippen molar-refractivity contribution < 1.29 is 23.8 Å². The molecule has 0 fully saturated rings. The number of fused-ring (bicyclic) bond motifs is 2. The first-order chi connectivity index (χ1) is 19.2. The lowest BCUT2D eigenvalue weighted by Crippen LogP contribution is -2.31. The fraction of sp³-hybridized carbons (Fsp3) is 0.219. The number of amides is 1. The maximum absolute atomic E-state index is 13.9. The van der Waals surface area contributed by atoms with Gasteiger partial charge in [0.2, 0.25) is 5.78 Å². The van der Waals surface area contributed by atoms with Crippen LogP contribution in [0.4, 0.5) is 5.13 Å². The van der Waals surface area contributed by atoms with Gasteiger partial charge in [0, 0.05) is 5.39 Å². The van der Waals surface area contributed by atoms with E-state index in [9.17, 15) is 14.7 Å². The zero-order valence-electron chi connectivity index (χ0n) is 22.6. The Hall–Kier alpha value is -4.43. The van der Waals surface area contributed by atoms with Gasteiger partial charge in [-0.3, -0.25) is 14.5 Å². The van der Waals surface area contributed by atoms with Crippen LogP contribution in [0.5, 0.6) is 5.75 Å². The zero-order valence-corrected chi connectivity index (χ0v) is 23.4. The van der Waals surface area contributed by atoms with E-state index >= 15 is 0 Å². The van der Waals surface area contributed by atoms with Crippen molar-refractivity contribution in [2.75, 3.05) is 11.5 Å². The minimum atomic E-state index is -0.894. The Morgan fingerprint density at radius 2 is 1.82 bits per heavy atom. The molecule has 1 aliphatic rings. The van der Waals surface area contributed by atoms with Crippen LogP contribution in [0.2, 0.25) is 0 Å². The molecule has 5 aromatic rings. The molecule has 1 N–H and O–H groups in total. The van der Waals surface area contributed by atoms with E-state index in [2.05, 4.69) is 20.8 Å². The molecule has 0 spiro atoms. The lowest BCUT2D eigenvalue weighted by molar-refractivity contribution is -0.117. The molecular weight excluding hydrogens is 524 g/mol. The van der Waals surface area contributed by atoms with Crippen molar-refractivity contribution in [2.24, 2.45) is 0 Å². The van der Waals surface area contributed by atoms with Gasteiger partial charge in [0.15, 0.2) is 16.7 Å². The molecule has 8 heteroatoms. The highest BCUT2D eigenvalue weighted by atomic mass is 32.1. The number of ether oxygens (including phenoxy) is 1. The van der Waals surface area contributed by atoms with Crippen molar-refractivity contribution in [1.82, 2.24) is 4.98 Å². The predicted octanol–water partition coefficient (Wildman–Crippen LogP) is 7.52. The lowest BCUT2D eigenvalue weighted by atomic mass is 9.85. The first kappa shape index (κ1) is 25.8. The molecule has 1 atom stereocenters. The summed E-state index contributed by atoms with van der Waals surface area (Å²) in [6.45, 7) is 8.79. The van der Waals surface area contributed by atoms with Crippen molar-refractivity contribution in [3.8, 4) is 5.75 Å². The highest BCUT2D eigenvalue weighted by Crippen LogP contribution is 2.45. The summed E-state index contributed by atoms with van der Waals surface area (Å²) in [6, 6.07) is 21.4. The van der Waals surface area contributed by atoms with Gasteiger partial charge in [0.1, 0.15) is 11.3 Å². The summed E-state index contributed by atoms with van der Waals surface area (Å²) in [5.74, 6) is -1.08. The minimum absolute atomic E-state index is 0.0400. The van der Waals surface area contributed by atoms with E-state index in [1.807, 2.05) is 67.6 Å². The summed E-state index contributed by atoms with van der Waals surface area (Å²) < 4.78 is 12.3. The molecule has 3 heterocycles. The molecule has 0 radical (unpaired) electrons. The molecule has 2 aromatic heterocycles. The van der Waals surface area contributed by atoms with E-state index in [4.69, 9.17) is 14.1 Å². The first-order valence-electron chi connectivity index (χ1n) is 13.1. The summed E-state index contributed by atoms with van der Waals surface area (Å²) in [7, 11) is 0. The van der Waals surface area contributed by atoms with E-state index < -0.39 is 23.5 Å². The second kappa shape index (κ2) is 9.64. The number of carbonyl (C=O) groups excluding carboxylic acids is 2. The van der Waals surface area contributed by atoms with Gasteiger partial charge in [0.25, 0.3) is 5.91 Å². The maximum atomic E-state index is 13.9. The third-order valence-electron chi connectivity index (χ3n) is 7.06. The number of benzene rings is 3. The van der Waals surface area contributed by atoms with E-state index in [0.717, 1.165) is 15.6 Å². The Labute approximate surface area is 235 Å². The summed E-state index contributed by atoms with van der Waals surface area (Å²) in [5.41, 5.74) is 2.90. The van der Waals surface area contributed by atoms with Crippen LogP contribution in [0.15, 0.2) is 88.5 Å². The van der Waals surface area contributed by atoms with E-state index in [1.165, 1.54) is 16.2 Å². The Balaban J connectivity index is 1.48. The van der Waals surface area contributed by atoms with Gasteiger partial charge >= 0.3 is 0 Å². The third-order valence-corrected chi connectivity index (χ3v) is 8.08. The number of carbonyl (C=O) groups is 2. The number of thiazole rings is 1. The highest BCUT2D eigenvalue weighted by molar-refractivity contribution is 7.22. The minimum Gasteiger partial charge on any atom is -0.503 e. The number of ketones is 1. The van der Waals surface area contributed by atoms with E-state index in [0.29, 0.717) is 34.2 Å². The smallest absolute Gasteiger partial charge is 0.296 e.